The molecule has 9 heteroatoms. The minimum Gasteiger partial charge on any atom is -0.305 e. The molecule has 0 aliphatic heterocycles. The van der Waals surface area contributed by atoms with Crippen LogP contribution < -0.4 is 10.6 Å². The number of urea groups is 1. The number of carbonyl (C=O) groups is 1. The van der Waals surface area contributed by atoms with Crippen molar-refractivity contribution in [3.8, 4) is 5.95 Å². The van der Waals surface area contributed by atoms with Crippen molar-refractivity contribution in [2.75, 3.05) is 10.6 Å². The van der Waals surface area contributed by atoms with Crippen molar-refractivity contribution in [3.05, 3.63) is 60.9 Å². The molecule has 2 N–H and O–H groups in total. The molecule has 0 bridgehead atoms. The molecule has 1 aromatic carbocycles. The van der Waals surface area contributed by atoms with E-state index in [-0.39, 0.29) is 5.69 Å². The van der Waals surface area contributed by atoms with E-state index in [2.05, 4.69) is 25.6 Å². The number of hydrogen-bond acceptors (Lipinski definition) is 4. The average molecular weight is 316 g/mol. The third-order valence-corrected chi connectivity index (χ3v) is 2.83. The SMILES string of the molecule is O=C(Nc1cnc(-n2ccnc2)nc1)Nc1c(F)cccc1F. The van der Waals surface area contributed by atoms with Crippen LogP contribution in [0, 0.1) is 11.6 Å². The monoisotopic (exact) mass is 316 g/mol. The van der Waals surface area contributed by atoms with E-state index in [4.69, 9.17) is 0 Å². The van der Waals surface area contributed by atoms with Crippen LogP contribution in [-0.4, -0.2) is 25.6 Å². The first kappa shape index (κ1) is 14.6. The van der Waals surface area contributed by atoms with Gasteiger partial charge in [0.15, 0.2) is 0 Å². The summed E-state index contributed by atoms with van der Waals surface area (Å²) >= 11 is 0. The Morgan fingerprint density at radius 2 is 1.78 bits per heavy atom. The molecule has 0 radical (unpaired) electrons. The quantitative estimate of drug-likeness (QED) is 0.778. The lowest BCUT2D eigenvalue weighted by Crippen LogP contribution is -2.21. The van der Waals surface area contributed by atoms with Crippen LogP contribution in [0.2, 0.25) is 0 Å². The second-order valence-electron chi connectivity index (χ2n) is 4.42. The molecular formula is C14H10F2N6O. The smallest absolute Gasteiger partial charge is 0.305 e. The van der Waals surface area contributed by atoms with Gasteiger partial charge >= 0.3 is 6.03 Å². The van der Waals surface area contributed by atoms with Gasteiger partial charge in [-0.3, -0.25) is 4.57 Å². The largest absolute Gasteiger partial charge is 0.323 e. The van der Waals surface area contributed by atoms with Gasteiger partial charge in [-0.15, -0.1) is 0 Å². The van der Waals surface area contributed by atoms with Crippen LogP contribution in [-0.2, 0) is 0 Å². The van der Waals surface area contributed by atoms with Crippen molar-refractivity contribution < 1.29 is 13.6 Å². The van der Waals surface area contributed by atoms with E-state index in [1.807, 2.05) is 0 Å². The average Bonchev–Trinajstić information content (AvgIpc) is 3.06. The number of aromatic nitrogens is 4. The van der Waals surface area contributed by atoms with Gasteiger partial charge in [0.1, 0.15) is 23.6 Å². The molecule has 0 saturated heterocycles. The highest BCUT2D eigenvalue weighted by Crippen LogP contribution is 2.18. The molecule has 7 nitrogen and oxygen atoms in total. The Hall–Kier alpha value is -3.36. The van der Waals surface area contributed by atoms with Crippen molar-refractivity contribution >= 4 is 17.4 Å². The standard InChI is InChI=1S/C14H10F2N6O/c15-10-2-1-3-11(16)12(10)21-14(23)20-9-6-18-13(19-7-9)22-5-4-17-8-22/h1-8H,(H2,20,21,23). The summed E-state index contributed by atoms with van der Waals surface area (Å²) < 4.78 is 28.5. The molecule has 0 atom stereocenters. The summed E-state index contributed by atoms with van der Waals surface area (Å²) in [5, 5.41) is 4.48. The molecule has 3 aromatic rings. The van der Waals surface area contributed by atoms with Gasteiger partial charge in [0.2, 0.25) is 5.95 Å². The summed E-state index contributed by atoms with van der Waals surface area (Å²) in [5.41, 5.74) is -0.260. The van der Waals surface area contributed by atoms with Crippen molar-refractivity contribution in [2.45, 2.75) is 0 Å². The Morgan fingerprint density at radius 1 is 1.09 bits per heavy atom. The minimum absolute atomic E-state index is 0.267. The second kappa shape index (κ2) is 6.18. The summed E-state index contributed by atoms with van der Waals surface area (Å²) in [5.74, 6) is -1.37. The molecule has 0 saturated carbocycles. The van der Waals surface area contributed by atoms with E-state index in [0.29, 0.717) is 5.95 Å². The van der Waals surface area contributed by atoms with Crippen LogP contribution in [0.4, 0.5) is 25.0 Å². The van der Waals surface area contributed by atoms with Crippen LogP contribution in [0.3, 0.4) is 0 Å². The predicted molar refractivity (Wildman–Crippen MR) is 78.2 cm³/mol. The highest BCUT2D eigenvalue weighted by molar-refractivity contribution is 5.99. The molecule has 2 amide bonds. The number of amides is 2. The Kier molecular flexibility index (Phi) is 3.91. The Labute approximate surface area is 129 Å². The second-order valence-corrected chi connectivity index (χ2v) is 4.42. The number of hydrogen-bond donors (Lipinski definition) is 2. The zero-order chi connectivity index (χ0) is 16.2. The first-order chi connectivity index (χ1) is 11.1. The number of para-hydroxylation sites is 1. The van der Waals surface area contributed by atoms with E-state index in [1.165, 1.54) is 24.8 Å². The molecule has 3 rings (SSSR count). The van der Waals surface area contributed by atoms with Crippen LogP contribution in [0.5, 0.6) is 0 Å². The molecule has 0 fully saturated rings. The van der Waals surface area contributed by atoms with Gasteiger partial charge in [0, 0.05) is 12.4 Å². The van der Waals surface area contributed by atoms with Crippen LogP contribution in [0.1, 0.15) is 0 Å². The molecule has 0 aliphatic rings. The van der Waals surface area contributed by atoms with Crippen LogP contribution >= 0.6 is 0 Å². The number of rotatable bonds is 3. The number of carbonyl (C=O) groups excluding carboxylic acids is 1. The van der Waals surface area contributed by atoms with Gasteiger partial charge in [-0.1, -0.05) is 6.07 Å². The number of nitrogens with zero attached hydrogens (tertiary/aromatic N) is 4. The third kappa shape index (κ3) is 3.28. The highest BCUT2D eigenvalue weighted by atomic mass is 19.1. The summed E-state index contributed by atoms with van der Waals surface area (Å²) in [6, 6.07) is 2.48. The number of imidazole rings is 1. The van der Waals surface area contributed by atoms with Crippen molar-refractivity contribution in [1.82, 2.24) is 19.5 Å². The van der Waals surface area contributed by atoms with Crippen LogP contribution in [0.25, 0.3) is 5.95 Å². The molecule has 2 heterocycles. The zero-order valence-electron chi connectivity index (χ0n) is 11.6. The Morgan fingerprint density at radius 3 is 2.39 bits per heavy atom. The normalized spacial score (nSPS) is 10.3. The number of anilines is 2. The summed E-state index contributed by atoms with van der Waals surface area (Å²) in [7, 11) is 0. The fourth-order valence-electron chi connectivity index (χ4n) is 1.79. The molecule has 0 spiro atoms. The van der Waals surface area contributed by atoms with E-state index < -0.39 is 23.4 Å². The number of nitrogens with one attached hydrogen (secondary N) is 2. The van der Waals surface area contributed by atoms with Gasteiger partial charge in [0.25, 0.3) is 0 Å². The molecule has 0 aliphatic carbocycles. The maximum absolute atomic E-state index is 13.4. The van der Waals surface area contributed by atoms with E-state index in [0.717, 1.165) is 12.1 Å². The maximum Gasteiger partial charge on any atom is 0.323 e. The minimum atomic E-state index is -0.869. The van der Waals surface area contributed by atoms with Gasteiger partial charge in [-0.25, -0.2) is 28.5 Å². The maximum atomic E-state index is 13.4. The van der Waals surface area contributed by atoms with Crippen molar-refractivity contribution in [2.24, 2.45) is 0 Å². The predicted octanol–water partition coefficient (Wildman–Crippen LogP) is 2.58. The van der Waals surface area contributed by atoms with Crippen molar-refractivity contribution in [3.63, 3.8) is 0 Å². The first-order valence-corrected chi connectivity index (χ1v) is 6.46. The molecule has 2 aromatic heterocycles. The van der Waals surface area contributed by atoms with Crippen molar-refractivity contribution in [1.29, 1.82) is 0 Å². The van der Waals surface area contributed by atoms with Crippen LogP contribution in [0.15, 0.2) is 49.3 Å². The molecule has 23 heavy (non-hydrogen) atoms. The van der Waals surface area contributed by atoms with Gasteiger partial charge < -0.3 is 10.6 Å². The Bertz CT molecular complexity index is 800. The fourth-order valence-corrected chi connectivity index (χ4v) is 1.79. The van der Waals surface area contributed by atoms with E-state index in [1.54, 1.807) is 17.0 Å². The lowest BCUT2D eigenvalue weighted by Gasteiger charge is -2.09. The topological polar surface area (TPSA) is 84.7 Å². The van der Waals surface area contributed by atoms with Gasteiger partial charge in [-0.05, 0) is 12.1 Å². The fraction of sp³-hybridized carbons (Fsp3) is 0. The lowest BCUT2D eigenvalue weighted by molar-refractivity contribution is 0.262. The zero-order valence-corrected chi connectivity index (χ0v) is 11.6. The van der Waals surface area contributed by atoms with E-state index >= 15 is 0 Å². The number of halogens is 2. The molecule has 116 valence electrons. The third-order valence-electron chi connectivity index (χ3n) is 2.83. The van der Waals surface area contributed by atoms with E-state index in [9.17, 15) is 13.6 Å². The molecular weight excluding hydrogens is 306 g/mol. The highest BCUT2D eigenvalue weighted by Gasteiger charge is 2.12. The first-order valence-electron chi connectivity index (χ1n) is 6.46. The summed E-state index contributed by atoms with van der Waals surface area (Å²) in [4.78, 5) is 23.7. The Balaban J connectivity index is 1.68. The van der Waals surface area contributed by atoms with Gasteiger partial charge in [-0.2, -0.15) is 0 Å². The van der Waals surface area contributed by atoms with Gasteiger partial charge in [0.05, 0.1) is 18.1 Å². The lowest BCUT2D eigenvalue weighted by atomic mass is 10.3. The molecule has 0 unspecified atom stereocenters. The number of benzene rings is 1. The summed E-state index contributed by atoms with van der Waals surface area (Å²) in [6.07, 6.45) is 7.48. The summed E-state index contributed by atoms with van der Waals surface area (Å²) in [6.45, 7) is 0.